The highest BCUT2D eigenvalue weighted by Gasteiger charge is 2.28. The zero-order chi connectivity index (χ0) is 15.9. The van der Waals surface area contributed by atoms with Crippen LogP contribution in [0.15, 0.2) is 24.3 Å². The van der Waals surface area contributed by atoms with Crippen LogP contribution in [0.3, 0.4) is 0 Å². The van der Waals surface area contributed by atoms with Gasteiger partial charge in [-0.3, -0.25) is 9.59 Å². The Labute approximate surface area is 133 Å². The molecule has 7 heteroatoms. The first-order chi connectivity index (χ1) is 10.6. The normalized spacial score (nSPS) is 21.1. The molecule has 2 amide bonds. The number of nitrogens with one attached hydrogen (secondary N) is 1. The van der Waals surface area contributed by atoms with Crippen molar-refractivity contribution in [3.8, 4) is 5.75 Å². The Balaban J connectivity index is 1.98. The molecule has 1 fully saturated rings. The minimum absolute atomic E-state index is 0.00271. The van der Waals surface area contributed by atoms with E-state index in [1.165, 1.54) is 11.8 Å². The number of amides is 2. The number of rotatable bonds is 6. The summed E-state index contributed by atoms with van der Waals surface area (Å²) in [6.07, 6.45) is 2.35. The number of carbonyl (C=O) groups is 2. The Hall–Kier alpha value is -1.73. The average molecular weight is 324 g/mol. The summed E-state index contributed by atoms with van der Waals surface area (Å²) in [6, 6.07) is 6.53. The van der Waals surface area contributed by atoms with Crippen LogP contribution < -0.4 is 15.8 Å². The van der Waals surface area contributed by atoms with Gasteiger partial charge in [0.1, 0.15) is 11.9 Å². The Bertz CT molecular complexity index is 521. The van der Waals surface area contributed by atoms with Crippen LogP contribution in [-0.2, 0) is 9.53 Å². The van der Waals surface area contributed by atoms with Crippen molar-refractivity contribution in [1.82, 2.24) is 5.32 Å². The molecule has 0 bridgehead atoms. The SMILES string of the molecule is CSCC(=O)N[C@@H]1CCOC[C@H]1Oc1ccc(C(N)=O)cc1. The van der Waals surface area contributed by atoms with Gasteiger partial charge in [-0.2, -0.15) is 11.8 Å². The molecule has 2 atom stereocenters. The van der Waals surface area contributed by atoms with E-state index in [4.69, 9.17) is 15.2 Å². The molecule has 1 aliphatic heterocycles. The summed E-state index contributed by atoms with van der Waals surface area (Å²) in [5.74, 6) is 0.564. The summed E-state index contributed by atoms with van der Waals surface area (Å²) in [5, 5.41) is 2.98. The third kappa shape index (κ3) is 4.64. The Morgan fingerprint density at radius 2 is 2.14 bits per heavy atom. The van der Waals surface area contributed by atoms with Gasteiger partial charge in [0.25, 0.3) is 0 Å². The molecule has 1 aromatic carbocycles. The summed E-state index contributed by atoms with van der Waals surface area (Å²) < 4.78 is 11.3. The lowest BCUT2D eigenvalue weighted by molar-refractivity contribution is -0.121. The van der Waals surface area contributed by atoms with Crippen molar-refractivity contribution < 1.29 is 19.1 Å². The van der Waals surface area contributed by atoms with Gasteiger partial charge in [-0.05, 0) is 36.9 Å². The molecule has 0 saturated carbocycles. The van der Waals surface area contributed by atoms with Crippen LogP contribution in [0, 0.1) is 0 Å². The lowest BCUT2D eigenvalue weighted by Gasteiger charge is -2.32. The number of ether oxygens (including phenoxy) is 2. The number of hydrogen-bond donors (Lipinski definition) is 2. The van der Waals surface area contributed by atoms with Crippen molar-refractivity contribution in [1.29, 1.82) is 0 Å². The summed E-state index contributed by atoms with van der Waals surface area (Å²) in [4.78, 5) is 22.8. The summed E-state index contributed by atoms with van der Waals surface area (Å²) in [6.45, 7) is 1.02. The Morgan fingerprint density at radius 3 is 2.77 bits per heavy atom. The fourth-order valence-electron chi connectivity index (χ4n) is 2.25. The average Bonchev–Trinajstić information content (AvgIpc) is 2.50. The third-order valence-corrected chi connectivity index (χ3v) is 3.90. The number of thioether (sulfide) groups is 1. The van der Waals surface area contributed by atoms with Gasteiger partial charge in [0.2, 0.25) is 11.8 Å². The van der Waals surface area contributed by atoms with Crippen molar-refractivity contribution in [2.24, 2.45) is 5.73 Å². The molecule has 0 spiro atoms. The minimum atomic E-state index is -0.477. The van der Waals surface area contributed by atoms with Crippen molar-refractivity contribution in [3.05, 3.63) is 29.8 Å². The van der Waals surface area contributed by atoms with Gasteiger partial charge in [0.05, 0.1) is 18.4 Å². The summed E-state index contributed by atoms with van der Waals surface area (Å²) in [7, 11) is 0. The maximum Gasteiger partial charge on any atom is 0.248 e. The molecule has 0 aliphatic carbocycles. The van der Waals surface area contributed by atoms with Crippen LogP contribution >= 0.6 is 11.8 Å². The lowest BCUT2D eigenvalue weighted by atomic mass is 10.1. The highest BCUT2D eigenvalue weighted by Crippen LogP contribution is 2.18. The highest BCUT2D eigenvalue weighted by atomic mass is 32.2. The molecule has 2 rings (SSSR count). The van der Waals surface area contributed by atoms with E-state index in [0.717, 1.165) is 0 Å². The molecule has 0 unspecified atom stereocenters. The maximum absolute atomic E-state index is 11.7. The fraction of sp³-hybridized carbons (Fsp3) is 0.467. The molecule has 0 aromatic heterocycles. The first kappa shape index (κ1) is 16.6. The topological polar surface area (TPSA) is 90.7 Å². The second-order valence-electron chi connectivity index (χ2n) is 5.02. The van der Waals surface area contributed by atoms with E-state index in [9.17, 15) is 9.59 Å². The molecule has 22 heavy (non-hydrogen) atoms. The first-order valence-electron chi connectivity index (χ1n) is 7.02. The highest BCUT2D eigenvalue weighted by molar-refractivity contribution is 7.99. The second-order valence-corrected chi connectivity index (χ2v) is 5.88. The van der Waals surface area contributed by atoms with E-state index in [-0.39, 0.29) is 18.1 Å². The van der Waals surface area contributed by atoms with Crippen molar-refractivity contribution in [2.45, 2.75) is 18.6 Å². The largest absolute Gasteiger partial charge is 0.486 e. The molecular weight excluding hydrogens is 304 g/mol. The predicted molar refractivity (Wildman–Crippen MR) is 85.1 cm³/mol. The van der Waals surface area contributed by atoms with Gasteiger partial charge in [-0.1, -0.05) is 0 Å². The van der Waals surface area contributed by atoms with Crippen LogP contribution in [0.5, 0.6) is 5.75 Å². The minimum Gasteiger partial charge on any atom is -0.486 e. The third-order valence-electron chi connectivity index (χ3n) is 3.35. The number of primary amides is 1. The smallest absolute Gasteiger partial charge is 0.248 e. The predicted octanol–water partition coefficient (Wildman–Crippen LogP) is 0.801. The molecule has 3 N–H and O–H groups in total. The van der Waals surface area contributed by atoms with Crippen LogP contribution in [-0.4, -0.2) is 49.2 Å². The molecule has 0 radical (unpaired) electrons. The van der Waals surface area contributed by atoms with Crippen molar-refractivity contribution in [3.63, 3.8) is 0 Å². The fourth-order valence-corrected chi connectivity index (χ4v) is 2.59. The number of nitrogens with two attached hydrogens (primary N) is 1. The molecule has 120 valence electrons. The molecular formula is C15H20N2O4S. The van der Waals surface area contributed by atoms with Gasteiger partial charge in [0, 0.05) is 12.2 Å². The molecule has 1 aliphatic rings. The number of carbonyl (C=O) groups excluding carboxylic acids is 2. The zero-order valence-corrected chi connectivity index (χ0v) is 13.2. The van der Waals surface area contributed by atoms with Gasteiger partial charge >= 0.3 is 0 Å². The maximum atomic E-state index is 11.7. The lowest BCUT2D eigenvalue weighted by Crippen LogP contribution is -2.51. The standard InChI is InChI=1S/C15H20N2O4S/c1-22-9-14(18)17-12-6-7-20-8-13(12)21-11-4-2-10(3-5-11)15(16)19/h2-5,12-13H,6-9H2,1H3,(H2,16,19)(H,17,18)/t12-,13-/m1/s1. The van der Waals surface area contributed by atoms with E-state index < -0.39 is 5.91 Å². The number of hydrogen-bond acceptors (Lipinski definition) is 5. The quantitative estimate of drug-likeness (QED) is 0.808. The first-order valence-corrected chi connectivity index (χ1v) is 8.42. The number of benzene rings is 1. The van der Waals surface area contributed by atoms with Gasteiger partial charge in [0.15, 0.2) is 0 Å². The van der Waals surface area contributed by atoms with E-state index in [1.54, 1.807) is 24.3 Å². The van der Waals surface area contributed by atoms with Crippen molar-refractivity contribution in [2.75, 3.05) is 25.2 Å². The zero-order valence-electron chi connectivity index (χ0n) is 12.4. The van der Waals surface area contributed by atoms with E-state index >= 15 is 0 Å². The van der Waals surface area contributed by atoms with Gasteiger partial charge < -0.3 is 20.5 Å². The second kappa shape index (κ2) is 8.05. The van der Waals surface area contributed by atoms with Crippen LogP contribution in [0.1, 0.15) is 16.8 Å². The van der Waals surface area contributed by atoms with Crippen LogP contribution in [0.2, 0.25) is 0 Å². The van der Waals surface area contributed by atoms with Crippen molar-refractivity contribution >= 4 is 23.6 Å². The molecule has 1 heterocycles. The van der Waals surface area contributed by atoms with E-state index in [2.05, 4.69) is 5.32 Å². The van der Waals surface area contributed by atoms with E-state index in [1.807, 2.05) is 6.26 Å². The van der Waals surface area contributed by atoms with Crippen LogP contribution in [0.4, 0.5) is 0 Å². The van der Waals surface area contributed by atoms with Crippen LogP contribution in [0.25, 0.3) is 0 Å². The van der Waals surface area contributed by atoms with Gasteiger partial charge in [-0.25, -0.2) is 0 Å². The molecule has 6 nitrogen and oxygen atoms in total. The Kier molecular flexibility index (Phi) is 6.09. The van der Waals surface area contributed by atoms with Gasteiger partial charge in [-0.15, -0.1) is 0 Å². The van der Waals surface area contributed by atoms with E-state index in [0.29, 0.717) is 36.7 Å². The monoisotopic (exact) mass is 324 g/mol. The Morgan fingerprint density at radius 1 is 1.41 bits per heavy atom. The summed E-state index contributed by atoms with van der Waals surface area (Å²) in [5.41, 5.74) is 5.63. The molecule has 1 saturated heterocycles. The summed E-state index contributed by atoms with van der Waals surface area (Å²) >= 11 is 1.48. The molecule has 1 aromatic rings.